The van der Waals surface area contributed by atoms with Gasteiger partial charge >= 0.3 is 0 Å². The summed E-state index contributed by atoms with van der Waals surface area (Å²) in [5.74, 6) is 1.11. The molecule has 0 unspecified atom stereocenters. The molecular weight excluding hydrogens is 297 g/mol. The summed E-state index contributed by atoms with van der Waals surface area (Å²) in [5, 5.41) is 5.30. The Morgan fingerprint density at radius 2 is 2.00 bits per heavy atom. The van der Waals surface area contributed by atoms with Crippen LogP contribution in [0.4, 0.5) is 0 Å². The average Bonchev–Trinajstić information content (AvgIpc) is 3.04. The SMILES string of the molecule is NC1(c2noc(Cc3cc(Cl)ccc3Cl)n2)CCCC1. The molecule has 20 heavy (non-hydrogen) atoms. The van der Waals surface area contributed by atoms with E-state index in [2.05, 4.69) is 10.1 Å². The van der Waals surface area contributed by atoms with Crippen LogP contribution in [0.1, 0.15) is 43.0 Å². The average molecular weight is 312 g/mol. The lowest BCUT2D eigenvalue weighted by Crippen LogP contribution is -2.34. The van der Waals surface area contributed by atoms with Crippen LogP contribution in [-0.2, 0) is 12.0 Å². The van der Waals surface area contributed by atoms with Gasteiger partial charge in [0.25, 0.3) is 0 Å². The Morgan fingerprint density at radius 3 is 2.75 bits per heavy atom. The van der Waals surface area contributed by atoms with Gasteiger partial charge in [0.15, 0.2) is 5.82 Å². The fraction of sp³-hybridized carbons (Fsp3) is 0.429. The third kappa shape index (κ3) is 2.68. The van der Waals surface area contributed by atoms with Gasteiger partial charge in [0.1, 0.15) is 0 Å². The molecule has 0 saturated heterocycles. The van der Waals surface area contributed by atoms with Crippen molar-refractivity contribution in [2.24, 2.45) is 5.73 Å². The Kier molecular flexibility index (Phi) is 3.71. The molecule has 6 heteroatoms. The minimum atomic E-state index is -0.431. The van der Waals surface area contributed by atoms with Gasteiger partial charge in [-0.25, -0.2) is 0 Å². The molecule has 0 bridgehead atoms. The van der Waals surface area contributed by atoms with E-state index in [4.69, 9.17) is 33.5 Å². The summed E-state index contributed by atoms with van der Waals surface area (Å²) in [6.07, 6.45) is 4.50. The molecular formula is C14H15Cl2N3O. The molecule has 1 aliphatic carbocycles. The van der Waals surface area contributed by atoms with Crippen LogP contribution < -0.4 is 5.73 Å². The lowest BCUT2D eigenvalue weighted by atomic mass is 9.99. The number of nitrogens with zero attached hydrogens (tertiary/aromatic N) is 2. The largest absolute Gasteiger partial charge is 0.339 e. The number of halogens is 2. The summed E-state index contributed by atoms with van der Waals surface area (Å²) >= 11 is 12.1. The van der Waals surface area contributed by atoms with E-state index in [1.54, 1.807) is 12.1 Å². The van der Waals surface area contributed by atoms with Crippen LogP contribution in [0.5, 0.6) is 0 Å². The van der Waals surface area contributed by atoms with Crippen LogP contribution >= 0.6 is 23.2 Å². The first-order valence-corrected chi connectivity index (χ1v) is 7.38. The summed E-state index contributed by atoms with van der Waals surface area (Å²) in [7, 11) is 0. The number of aromatic nitrogens is 2. The zero-order valence-electron chi connectivity index (χ0n) is 10.9. The maximum Gasteiger partial charge on any atom is 0.231 e. The smallest absolute Gasteiger partial charge is 0.231 e. The predicted molar refractivity (Wildman–Crippen MR) is 77.9 cm³/mol. The lowest BCUT2D eigenvalue weighted by molar-refractivity contribution is 0.352. The number of hydrogen-bond donors (Lipinski definition) is 1. The Bertz CT molecular complexity index is 621. The van der Waals surface area contributed by atoms with Crippen molar-refractivity contribution < 1.29 is 4.52 Å². The zero-order chi connectivity index (χ0) is 14.2. The van der Waals surface area contributed by atoms with Crippen LogP contribution in [-0.4, -0.2) is 10.1 Å². The van der Waals surface area contributed by atoms with Crippen LogP contribution in [0.25, 0.3) is 0 Å². The molecule has 1 aromatic heterocycles. The molecule has 2 N–H and O–H groups in total. The van der Waals surface area contributed by atoms with Gasteiger partial charge in [-0.1, -0.05) is 41.2 Å². The van der Waals surface area contributed by atoms with Crippen molar-refractivity contribution in [3.8, 4) is 0 Å². The first kappa shape index (κ1) is 13.9. The molecule has 1 aromatic carbocycles. The van der Waals surface area contributed by atoms with Gasteiger partial charge in [-0.3, -0.25) is 0 Å². The number of benzene rings is 1. The summed E-state index contributed by atoms with van der Waals surface area (Å²) in [5.41, 5.74) is 6.75. The normalized spacial score (nSPS) is 17.6. The molecule has 106 valence electrons. The van der Waals surface area contributed by atoms with Crippen LogP contribution in [0, 0.1) is 0 Å². The fourth-order valence-electron chi connectivity index (χ4n) is 2.60. The number of hydrogen-bond acceptors (Lipinski definition) is 4. The predicted octanol–water partition coefficient (Wildman–Crippen LogP) is 3.70. The van der Waals surface area contributed by atoms with Crippen LogP contribution in [0.15, 0.2) is 22.7 Å². The Morgan fingerprint density at radius 1 is 1.25 bits per heavy atom. The molecule has 0 amide bonds. The molecule has 0 spiro atoms. The zero-order valence-corrected chi connectivity index (χ0v) is 12.4. The molecule has 4 nitrogen and oxygen atoms in total. The molecule has 1 aliphatic rings. The monoisotopic (exact) mass is 311 g/mol. The molecule has 1 saturated carbocycles. The molecule has 3 rings (SSSR count). The Hall–Kier alpha value is -1.10. The van der Waals surface area contributed by atoms with E-state index in [0.29, 0.717) is 28.2 Å². The third-order valence-electron chi connectivity index (χ3n) is 3.76. The van der Waals surface area contributed by atoms with Gasteiger partial charge in [-0.15, -0.1) is 0 Å². The van der Waals surface area contributed by atoms with Gasteiger partial charge in [0, 0.05) is 10.0 Å². The van der Waals surface area contributed by atoms with Gasteiger partial charge in [0.2, 0.25) is 5.89 Å². The van der Waals surface area contributed by atoms with Crippen molar-refractivity contribution in [3.63, 3.8) is 0 Å². The first-order valence-electron chi connectivity index (χ1n) is 6.63. The van der Waals surface area contributed by atoms with Crippen molar-refractivity contribution in [2.45, 2.75) is 37.6 Å². The van der Waals surface area contributed by atoms with Crippen molar-refractivity contribution in [2.75, 3.05) is 0 Å². The molecule has 0 radical (unpaired) electrons. The van der Waals surface area contributed by atoms with Crippen molar-refractivity contribution in [3.05, 3.63) is 45.5 Å². The lowest BCUT2D eigenvalue weighted by Gasteiger charge is -2.17. The van der Waals surface area contributed by atoms with E-state index in [9.17, 15) is 0 Å². The Balaban J connectivity index is 1.82. The molecule has 2 aromatic rings. The standard InChI is InChI=1S/C14H15Cl2N3O/c15-10-3-4-11(16)9(7-10)8-12-18-13(19-20-12)14(17)5-1-2-6-14/h3-4,7H,1-2,5-6,8,17H2. The maximum atomic E-state index is 6.31. The highest BCUT2D eigenvalue weighted by Gasteiger charge is 2.35. The van der Waals surface area contributed by atoms with Gasteiger partial charge in [-0.05, 0) is 36.6 Å². The highest BCUT2D eigenvalue weighted by Crippen LogP contribution is 2.34. The van der Waals surface area contributed by atoms with Crippen molar-refractivity contribution >= 4 is 23.2 Å². The molecule has 0 aliphatic heterocycles. The summed E-state index contributed by atoms with van der Waals surface area (Å²) < 4.78 is 5.30. The highest BCUT2D eigenvalue weighted by atomic mass is 35.5. The van der Waals surface area contributed by atoms with Crippen LogP contribution in [0.2, 0.25) is 10.0 Å². The summed E-state index contributed by atoms with van der Waals surface area (Å²) in [4.78, 5) is 4.43. The quantitative estimate of drug-likeness (QED) is 0.938. The topological polar surface area (TPSA) is 64.9 Å². The second-order valence-electron chi connectivity index (χ2n) is 5.29. The summed E-state index contributed by atoms with van der Waals surface area (Å²) in [6, 6.07) is 5.32. The second-order valence-corrected chi connectivity index (χ2v) is 6.13. The van der Waals surface area contributed by atoms with E-state index in [-0.39, 0.29) is 0 Å². The van der Waals surface area contributed by atoms with Crippen molar-refractivity contribution in [1.82, 2.24) is 10.1 Å². The number of rotatable bonds is 3. The van der Waals surface area contributed by atoms with Gasteiger partial charge in [-0.2, -0.15) is 4.98 Å². The fourth-order valence-corrected chi connectivity index (χ4v) is 2.98. The van der Waals surface area contributed by atoms with Crippen molar-refractivity contribution in [1.29, 1.82) is 0 Å². The van der Waals surface area contributed by atoms with Crippen LogP contribution in [0.3, 0.4) is 0 Å². The van der Waals surface area contributed by atoms with E-state index in [1.807, 2.05) is 6.07 Å². The van der Waals surface area contributed by atoms with E-state index in [0.717, 1.165) is 31.2 Å². The Labute approximate surface area is 127 Å². The molecule has 1 heterocycles. The minimum absolute atomic E-state index is 0.431. The first-order chi connectivity index (χ1) is 9.57. The van der Waals surface area contributed by atoms with E-state index >= 15 is 0 Å². The highest BCUT2D eigenvalue weighted by molar-refractivity contribution is 6.33. The van der Waals surface area contributed by atoms with E-state index < -0.39 is 5.54 Å². The maximum absolute atomic E-state index is 6.31. The second kappa shape index (κ2) is 5.35. The number of nitrogens with two attached hydrogens (primary N) is 1. The van der Waals surface area contributed by atoms with Gasteiger partial charge < -0.3 is 10.3 Å². The minimum Gasteiger partial charge on any atom is -0.339 e. The summed E-state index contributed by atoms with van der Waals surface area (Å²) in [6.45, 7) is 0. The van der Waals surface area contributed by atoms with Gasteiger partial charge in [0.05, 0.1) is 12.0 Å². The van der Waals surface area contributed by atoms with E-state index in [1.165, 1.54) is 0 Å². The molecule has 1 fully saturated rings. The molecule has 0 atom stereocenters. The third-order valence-corrected chi connectivity index (χ3v) is 4.36.